The second-order valence-corrected chi connectivity index (χ2v) is 4.38. The fourth-order valence-electron chi connectivity index (χ4n) is 1.37. The molecule has 0 spiro atoms. The van der Waals surface area contributed by atoms with Crippen LogP contribution in [-0.2, 0) is 0 Å². The quantitative estimate of drug-likeness (QED) is 0.806. The number of nitrogens with one attached hydrogen (secondary N) is 1. The average molecular weight is 223 g/mol. The number of rotatable bonds is 5. The molecule has 16 heavy (non-hydrogen) atoms. The molecule has 0 bridgehead atoms. The molecule has 0 amide bonds. The van der Waals surface area contributed by atoms with Crippen LogP contribution < -0.4 is 10.1 Å². The molecule has 1 rings (SSSR count). The van der Waals surface area contributed by atoms with Gasteiger partial charge in [0.05, 0.1) is 12.7 Å². The summed E-state index contributed by atoms with van der Waals surface area (Å²) in [6, 6.07) is 5.86. The highest BCUT2D eigenvalue weighted by atomic mass is 16.5. The molecule has 0 saturated heterocycles. The molecule has 2 N–H and O–H groups in total. The van der Waals surface area contributed by atoms with Gasteiger partial charge in [-0.15, -0.1) is 0 Å². The van der Waals surface area contributed by atoms with Gasteiger partial charge >= 0.3 is 0 Å². The highest BCUT2D eigenvalue weighted by Crippen LogP contribution is 2.21. The van der Waals surface area contributed by atoms with Crippen LogP contribution >= 0.6 is 0 Å². The third kappa shape index (κ3) is 3.42. The van der Waals surface area contributed by atoms with Crippen molar-refractivity contribution in [1.82, 2.24) is 0 Å². The van der Waals surface area contributed by atoms with Crippen LogP contribution in [0.2, 0.25) is 0 Å². The van der Waals surface area contributed by atoms with Crippen molar-refractivity contribution in [2.75, 3.05) is 19.0 Å². The first-order valence-electron chi connectivity index (χ1n) is 5.59. The van der Waals surface area contributed by atoms with Crippen molar-refractivity contribution in [3.8, 4) is 5.75 Å². The van der Waals surface area contributed by atoms with Gasteiger partial charge in [-0.1, -0.05) is 6.92 Å². The Bertz CT molecular complexity index is 348. The Morgan fingerprint density at radius 1 is 1.44 bits per heavy atom. The summed E-state index contributed by atoms with van der Waals surface area (Å²) in [6.07, 6.45) is 0.731. The van der Waals surface area contributed by atoms with E-state index < -0.39 is 5.60 Å². The number of hydrogen-bond acceptors (Lipinski definition) is 3. The molecular weight excluding hydrogens is 202 g/mol. The zero-order chi connectivity index (χ0) is 12.2. The lowest BCUT2D eigenvalue weighted by Gasteiger charge is -2.23. The molecule has 0 aromatic heterocycles. The van der Waals surface area contributed by atoms with Gasteiger partial charge in [0.2, 0.25) is 0 Å². The predicted molar refractivity (Wildman–Crippen MR) is 67.1 cm³/mol. The van der Waals surface area contributed by atoms with E-state index in [4.69, 9.17) is 4.74 Å². The minimum atomic E-state index is -0.660. The monoisotopic (exact) mass is 223 g/mol. The summed E-state index contributed by atoms with van der Waals surface area (Å²) in [7, 11) is 1.66. The molecule has 0 aliphatic carbocycles. The smallest absolute Gasteiger partial charge is 0.119 e. The van der Waals surface area contributed by atoms with Crippen LogP contribution in [0.25, 0.3) is 0 Å². The molecule has 90 valence electrons. The number of methoxy groups -OCH3 is 1. The number of benzene rings is 1. The van der Waals surface area contributed by atoms with Gasteiger partial charge in [-0.2, -0.15) is 0 Å². The molecule has 3 heteroatoms. The summed E-state index contributed by atoms with van der Waals surface area (Å²) in [5.74, 6) is 0.852. The summed E-state index contributed by atoms with van der Waals surface area (Å²) in [5, 5.41) is 13.1. The normalized spacial score (nSPS) is 14.3. The van der Waals surface area contributed by atoms with Crippen molar-refractivity contribution in [3.05, 3.63) is 23.8 Å². The van der Waals surface area contributed by atoms with Crippen molar-refractivity contribution in [2.24, 2.45) is 0 Å². The van der Waals surface area contributed by atoms with Crippen LogP contribution in [-0.4, -0.2) is 24.4 Å². The fourth-order valence-corrected chi connectivity index (χ4v) is 1.37. The van der Waals surface area contributed by atoms with Crippen molar-refractivity contribution in [3.63, 3.8) is 0 Å². The second-order valence-electron chi connectivity index (χ2n) is 4.38. The van der Waals surface area contributed by atoms with Gasteiger partial charge in [-0.05, 0) is 44.0 Å². The first-order chi connectivity index (χ1) is 7.48. The fraction of sp³-hybridized carbons (Fsp3) is 0.538. The highest BCUT2D eigenvalue weighted by molar-refractivity contribution is 5.53. The van der Waals surface area contributed by atoms with E-state index in [1.807, 2.05) is 39.0 Å². The van der Waals surface area contributed by atoms with E-state index in [2.05, 4.69) is 5.32 Å². The zero-order valence-corrected chi connectivity index (χ0v) is 10.5. The van der Waals surface area contributed by atoms with Gasteiger partial charge in [0.15, 0.2) is 0 Å². The van der Waals surface area contributed by atoms with Crippen LogP contribution in [0.1, 0.15) is 25.8 Å². The lowest BCUT2D eigenvalue weighted by molar-refractivity contribution is 0.0697. The Hall–Kier alpha value is -1.22. The number of ether oxygens (including phenoxy) is 1. The predicted octanol–water partition coefficient (Wildman–Crippen LogP) is 2.58. The lowest BCUT2D eigenvalue weighted by atomic mass is 10.0. The number of aryl methyl sites for hydroxylation is 1. The first-order valence-corrected chi connectivity index (χ1v) is 5.59. The maximum atomic E-state index is 9.89. The Morgan fingerprint density at radius 3 is 2.62 bits per heavy atom. The summed E-state index contributed by atoms with van der Waals surface area (Å²) in [6.45, 7) is 6.38. The van der Waals surface area contributed by atoms with Crippen molar-refractivity contribution in [2.45, 2.75) is 32.8 Å². The van der Waals surface area contributed by atoms with E-state index in [1.165, 1.54) is 0 Å². The Balaban J connectivity index is 2.68. The van der Waals surface area contributed by atoms with Crippen LogP contribution in [0.5, 0.6) is 5.75 Å². The van der Waals surface area contributed by atoms with Gasteiger partial charge in [0.25, 0.3) is 0 Å². The summed E-state index contributed by atoms with van der Waals surface area (Å²) < 4.78 is 5.14. The van der Waals surface area contributed by atoms with E-state index in [-0.39, 0.29) is 0 Å². The lowest BCUT2D eigenvalue weighted by Crippen LogP contribution is -2.32. The average Bonchev–Trinajstić information content (AvgIpc) is 2.27. The van der Waals surface area contributed by atoms with Crippen molar-refractivity contribution >= 4 is 5.69 Å². The van der Waals surface area contributed by atoms with Crippen LogP contribution in [0.3, 0.4) is 0 Å². The Labute approximate surface area is 97.4 Å². The molecule has 0 heterocycles. The maximum absolute atomic E-state index is 9.89. The van der Waals surface area contributed by atoms with Crippen LogP contribution in [0.4, 0.5) is 5.69 Å². The second kappa shape index (κ2) is 5.21. The maximum Gasteiger partial charge on any atom is 0.119 e. The third-order valence-corrected chi connectivity index (χ3v) is 2.85. The standard InChI is InChI=1S/C13H21NO2/c1-5-13(3,15)9-14-12-7-6-11(16-4)8-10(12)2/h6-8,14-15H,5,9H2,1-4H3. The Morgan fingerprint density at radius 2 is 2.12 bits per heavy atom. The van der Waals surface area contributed by atoms with Gasteiger partial charge in [-0.3, -0.25) is 0 Å². The minimum absolute atomic E-state index is 0.552. The molecule has 3 nitrogen and oxygen atoms in total. The number of anilines is 1. The van der Waals surface area contributed by atoms with Gasteiger partial charge in [0, 0.05) is 12.2 Å². The third-order valence-electron chi connectivity index (χ3n) is 2.85. The molecule has 0 aliphatic heterocycles. The summed E-state index contributed by atoms with van der Waals surface area (Å²) in [4.78, 5) is 0. The van der Waals surface area contributed by atoms with Crippen molar-refractivity contribution in [1.29, 1.82) is 0 Å². The van der Waals surface area contributed by atoms with E-state index in [0.717, 1.165) is 23.4 Å². The topological polar surface area (TPSA) is 41.5 Å². The van der Waals surface area contributed by atoms with Gasteiger partial charge in [-0.25, -0.2) is 0 Å². The largest absolute Gasteiger partial charge is 0.497 e. The Kier molecular flexibility index (Phi) is 4.19. The summed E-state index contributed by atoms with van der Waals surface area (Å²) >= 11 is 0. The summed E-state index contributed by atoms with van der Waals surface area (Å²) in [5.41, 5.74) is 1.49. The van der Waals surface area contributed by atoms with Gasteiger partial charge < -0.3 is 15.2 Å². The van der Waals surface area contributed by atoms with Crippen LogP contribution in [0, 0.1) is 6.92 Å². The van der Waals surface area contributed by atoms with Crippen LogP contribution in [0.15, 0.2) is 18.2 Å². The first kappa shape index (κ1) is 12.8. The van der Waals surface area contributed by atoms with E-state index in [9.17, 15) is 5.11 Å². The van der Waals surface area contributed by atoms with Crippen molar-refractivity contribution < 1.29 is 9.84 Å². The zero-order valence-electron chi connectivity index (χ0n) is 10.5. The highest BCUT2D eigenvalue weighted by Gasteiger charge is 2.17. The number of hydrogen-bond donors (Lipinski definition) is 2. The van der Waals surface area contributed by atoms with E-state index in [0.29, 0.717) is 6.54 Å². The molecule has 0 radical (unpaired) electrons. The molecule has 0 aliphatic rings. The molecular formula is C13H21NO2. The molecule has 1 unspecified atom stereocenters. The number of aliphatic hydroxyl groups is 1. The molecule has 1 aromatic rings. The SMILES string of the molecule is CCC(C)(O)CNc1ccc(OC)cc1C. The molecule has 0 fully saturated rings. The molecule has 1 aromatic carbocycles. The van der Waals surface area contributed by atoms with Gasteiger partial charge in [0.1, 0.15) is 5.75 Å². The molecule has 1 atom stereocenters. The molecule has 0 saturated carbocycles. The van der Waals surface area contributed by atoms with E-state index in [1.54, 1.807) is 7.11 Å². The minimum Gasteiger partial charge on any atom is -0.497 e. The van der Waals surface area contributed by atoms with E-state index >= 15 is 0 Å².